The van der Waals surface area contributed by atoms with Crippen molar-refractivity contribution in [1.82, 2.24) is 15.1 Å². The summed E-state index contributed by atoms with van der Waals surface area (Å²) in [5, 5.41) is 20.9. The molecule has 0 aliphatic carbocycles. The van der Waals surface area contributed by atoms with Crippen molar-refractivity contribution in [2.75, 3.05) is 52.5 Å². The van der Waals surface area contributed by atoms with Crippen LogP contribution in [0.15, 0.2) is 24.3 Å². The third kappa shape index (κ3) is 5.59. The average Bonchev–Trinajstić information content (AvgIpc) is 2.67. The smallest absolute Gasteiger partial charge is 0.317 e. The highest BCUT2D eigenvalue weighted by Gasteiger charge is 2.35. The molecule has 0 saturated carbocycles. The molecule has 2 unspecified atom stereocenters. The van der Waals surface area contributed by atoms with Gasteiger partial charge in [-0.1, -0.05) is 0 Å². The van der Waals surface area contributed by atoms with Crippen molar-refractivity contribution in [3.05, 3.63) is 29.8 Å². The third-order valence-electron chi connectivity index (χ3n) is 5.21. The summed E-state index contributed by atoms with van der Waals surface area (Å²) in [6, 6.07) is 9.11. The topological polar surface area (TPSA) is 88.8 Å². The largest absolute Gasteiger partial charge is 0.494 e. The molecule has 2 heterocycles. The summed E-state index contributed by atoms with van der Waals surface area (Å²) in [5.41, 5.74) is 0.611. The van der Waals surface area contributed by atoms with E-state index in [9.17, 15) is 4.79 Å². The molecule has 1 aromatic rings. The second-order valence-electron chi connectivity index (χ2n) is 7.43. The maximum atomic E-state index is 12.4. The Morgan fingerprint density at radius 2 is 1.93 bits per heavy atom. The lowest BCUT2D eigenvalue weighted by atomic mass is 9.85. The van der Waals surface area contributed by atoms with Crippen LogP contribution in [0.5, 0.6) is 5.75 Å². The van der Waals surface area contributed by atoms with E-state index in [1.165, 1.54) is 6.42 Å². The molecule has 2 atom stereocenters. The normalized spacial score (nSPS) is 22.1. The fourth-order valence-corrected chi connectivity index (χ4v) is 4.07. The molecule has 2 fully saturated rings. The number of amides is 2. The van der Waals surface area contributed by atoms with Crippen LogP contribution in [-0.2, 0) is 0 Å². The van der Waals surface area contributed by atoms with E-state index in [1.807, 2.05) is 4.90 Å². The summed E-state index contributed by atoms with van der Waals surface area (Å²) >= 11 is 0. The van der Waals surface area contributed by atoms with Crippen LogP contribution >= 0.6 is 0 Å². The Balaban J connectivity index is 1.33. The van der Waals surface area contributed by atoms with Crippen molar-refractivity contribution >= 4 is 6.03 Å². The number of rotatable bonds is 7. The van der Waals surface area contributed by atoms with Gasteiger partial charge in [0.25, 0.3) is 0 Å². The Hall–Kier alpha value is -2.30. The van der Waals surface area contributed by atoms with E-state index in [-0.39, 0.29) is 12.6 Å². The molecule has 2 N–H and O–H groups in total. The minimum absolute atomic E-state index is 0.0127. The Kier molecular flexibility index (Phi) is 6.91. The third-order valence-corrected chi connectivity index (χ3v) is 5.21. The highest BCUT2D eigenvalue weighted by atomic mass is 16.5. The number of hydrogen-bond acceptors (Lipinski definition) is 5. The minimum atomic E-state index is 0.0127. The monoisotopic (exact) mass is 372 g/mol. The van der Waals surface area contributed by atoms with Crippen molar-refractivity contribution < 1.29 is 14.6 Å². The number of piperidine rings is 2. The van der Waals surface area contributed by atoms with E-state index < -0.39 is 0 Å². The predicted molar refractivity (Wildman–Crippen MR) is 101 cm³/mol. The molecule has 27 heavy (non-hydrogen) atoms. The van der Waals surface area contributed by atoms with Crippen LogP contribution in [0, 0.1) is 23.2 Å². The van der Waals surface area contributed by atoms with Crippen LogP contribution in [0.3, 0.4) is 0 Å². The van der Waals surface area contributed by atoms with Crippen LogP contribution in [0.2, 0.25) is 0 Å². The quantitative estimate of drug-likeness (QED) is 0.704. The number of nitriles is 1. The summed E-state index contributed by atoms with van der Waals surface area (Å²) in [6.07, 6.45) is 1.92. The van der Waals surface area contributed by atoms with Crippen LogP contribution < -0.4 is 10.1 Å². The molecule has 1 aromatic carbocycles. The van der Waals surface area contributed by atoms with Gasteiger partial charge in [-0.25, -0.2) is 4.79 Å². The van der Waals surface area contributed by atoms with Crippen LogP contribution in [-0.4, -0.2) is 73.4 Å². The molecular formula is C20H28N4O3. The minimum Gasteiger partial charge on any atom is -0.494 e. The number of β-amino-alcohol motifs (C(OH)–C–C–N with tert-alkyl or cyclic N) is 1. The van der Waals surface area contributed by atoms with E-state index in [4.69, 9.17) is 15.1 Å². The summed E-state index contributed by atoms with van der Waals surface area (Å²) in [7, 11) is 0. The second kappa shape index (κ2) is 9.58. The van der Waals surface area contributed by atoms with Crippen molar-refractivity contribution in [3.63, 3.8) is 0 Å². The first-order chi connectivity index (χ1) is 13.2. The summed E-state index contributed by atoms with van der Waals surface area (Å²) < 4.78 is 5.63. The molecule has 0 aromatic heterocycles. The number of nitrogens with one attached hydrogen (secondary N) is 1. The first-order valence-corrected chi connectivity index (χ1v) is 9.67. The molecule has 2 bridgehead atoms. The van der Waals surface area contributed by atoms with Gasteiger partial charge in [0.1, 0.15) is 5.75 Å². The average molecular weight is 372 g/mol. The molecule has 2 aliphatic rings. The molecule has 7 heteroatoms. The zero-order chi connectivity index (χ0) is 19.1. The number of benzene rings is 1. The number of nitrogens with zero attached hydrogens (tertiary/aromatic N) is 3. The number of aliphatic hydroxyl groups is 1. The highest BCUT2D eigenvalue weighted by molar-refractivity contribution is 5.74. The molecule has 2 amide bonds. The first kappa shape index (κ1) is 19.5. The lowest BCUT2D eigenvalue weighted by molar-refractivity contribution is 0.0385. The van der Waals surface area contributed by atoms with Crippen molar-refractivity contribution in [2.24, 2.45) is 11.8 Å². The predicted octanol–water partition coefficient (Wildman–Crippen LogP) is 1.28. The van der Waals surface area contributed by atoms with Gasteiger partial charge in [0, 0.05) is 39.3 Å². The van der Waals surface area contributed by atoms with Crippen LogP contribution in [0.25, 0.3) is 0 Å². The number of likely N-dealkylation sites (tertiary alicyclic amines) is 2. The van der Waals surface area contributed by atoms with Crippen LogP contribution in [0.4, 0.5) is 4.79 Å². The van der Waals surface area contributed by atoms with Gasteiger partial charge in [-0.15, -0.1) is 0 Å². The Morgan fingerprint density at radius 1 is 1.22 bits per heavy atom. The molecule has 7 nitrogen and oxygen atoms in total. The Morgan fingerprint density at radius 3 is 2.56 bits per heavy atom. The number of hydrogen-bond donors (Lipinski definition) is 2. The number of aliphatic hydroxyl groups excluding tert-OH is 1. The van der Waals surface area contributed by atoms with E-state index in [0.29, 0.717) is 30.6 Å². The van der Waals surface area contributed by atoms with Gasteiger partial charge in [0.15, 0.2) is 0 Å². The van der Waals surface area contributed by atoms with E-state index in [0.717, 1.165) is 44.9 Å². The number of urea groups is 1. The van der Waals surface area contributed by atoms with Gasteiger partial charge < -0.3 is 25.0 Å². The number of carbonyl (C=O) groups is 1. The van der Waals surface area contributed by atoms with Crippen molar-refractivity contribution in [1.29, 1.82) is 5.26 Å². The van der Waals surface area contributed by atoms with Gasteiger partial charge in [-0.05, 0) is 48.9 Å². The highest BCUT2D eigenvalue weighted by Crippen LogP contribution is 2.28. The van der Waals surface area contributed by atoms with E-state index >= 15 is 0 Å². The van der Waals surface area contributed by atoms with E-state index in [2.05, 4.69) is 16.3 Å². The second-order valence-corrected chi connectivity index (χ2v) is 7.43. The summed E-state index contributed by atoms with van der Waals surface area (Å²) in [5.74, 6) is 1.75. The maximum absolute atomic E-state index is 12.4. The number of fused-ring (bicyclic) bond motifs is 2. The maximum Gasteiger partial charge on any atom is 0.317 e. The van der Waals surface area contributed by atoms with Gasteiger partial charge in [-0.3, -0.25) is 0 Å². The SMILES string of the molecule is N#Cc1ccc(OCCCNC(=O)N2CC3CC(CN(CCO)C3)C2)cc1. The molecule has 146 valence electrons. The standard InChI is InChI=1S/C20H28N4O3/c21-11-16-2-4-19(5-3-16)27-9-1-6-22-20(26)24-14-17-10-18(15-24)13-23(12-17)7-8-25/h2-5,17-18,25H,1,6-10,12-15H2,(H,22,26). The fourth-order valence-electron chi connectivity index (χ4n) is 4.07. The van der Waals surface area contributed by atoms with Crippen molar-refractivity contribution in [3.8, 4) is 11.8 Å². The van der Waals surface area contributed by atoms with Gasteiger partial charge >= 0.3 is 6.03 Å². The molecule has 2 saturated heterocycles. The molecule has 3 rings (SSSR count). The Bertz CT molecular complexity index is 644. The fraction of sp³-hybridized carbons (Fsp3) is 0.600. The summed E-state index contributed by atoms with van der Waals surface area (Å²) in [4.78, 5) is 16.7. The number of carbonyl (C=O) groups excluding carboxylic acids is 1. The Labute approximate surface area is 160 Å². The number of ether oxygens (including phenoxy) is 1. The lowest BCUT2D eigenvalue weighted by Gasteiger charge is -2.45. The lowest BCUT2D eigenvalue weighted by Crippen LogP contribution is -2.56. The zero-order valence-electron chi connectivity index (χ0n) is 15.6. The van der Waals surface area contributed by atoms with Gasteiger partial charge in [0.2, 0.25) is 0 Å². The molecule has 0 radical (unpaired) electrons. The molecule has 2 aliphatic heterocycles. The van der Waals surface area contributed by atoms with Crippen molar-refractivity contribution in [2.45, 2.75) is 12.8 Å². The first-order valence-electron chi connectivity index (χ1n) is 9.67. The summed E-state index contributed by atoms with van der Waals surface area (Å²) in [6.45, 7) is 5.58. The van der Waals surface area contributed by atoms with E-state index in [1.54, 1.807) is 24.3 Å². The van der Waals surface area contributed by atoms with Crippen LogP contribution in [0.1, 0.15) is 18.4 Å². The molecule has 0 spiro atoms. The van der Waals surface area contributed by atoms with Gasteiger partial charge in [-0.2, -0.15) is 5.26 Å². The molecular weight excluding hydrogens is 344 g/mol. The zero-order valence-corrected chi connectivity index (χ0v) is 15.6. The van der Waals surface area contributed by atoms with Gasteiger partial charge in [0.05, 0.1) is 24.8 Å².